The number of carbonyl (C=O) groups excluding carboxylic acids is 1. The number of carbonyl (C=O) groups is 1. The van der Waals surface area contributed by atoms with Crippen molar-refractivity contribution >= 4 is 17.5 Å². The third-order valence-corrected chi connectivity index (χ3v) is 5.22. The lowest BCUT2D eigenvalue weighted by Gasteiger charge is -2.33. The molecule has 1 aliphatic carbocycles. The van der Waals surface area contributed by atoms with E-state index < -0.39 is 5.41 Å². The van der Waals surface area contributed by atoms with Gasteiger partial charge in [0.25, 0.3) is 5.91 Å². The summed E-state index contributed by atoms with van der Waals surface area (Å²) in [6.07, 6.45) is 4.32. The molecule has 1 amide bonds. The molecule has 1 aliphatic rings. The third kappa shape index (κ3) is 4.27. The van der Waals surface area contributed by atoms with Crippen molar-refractivity contribution in [3.05, 3.63) is 70.7 Å². The fourth-order valence-electron chi connectivity index (χ4n) is 3.37. The second kappa shape index (κ2) is 8.40. The van der Waals surface area contributed by atoms with Crippen LogP contribution in [-0.2, 0) is 11.3 Å². The molecule has 0 unspecified atom stereocenters. The molecule has 1 fully saturated rings. The number of hydroxylamine groups is 2. The van der Waals surface area contributed by atoms with Crippen LogP contribution in [0.2, 0.25) is 5.02 Å². The molecule has 26 heavy (non-hydrogen) atoms. The van der Waals surface area contributed by atoms with Crippen molar-refractivity contribution in [3.8, 4) is 11.8 Å². The van der Waals surface area contributed by atoms with Crippen LogP contribution in [0.15, 0.2) is 54.6 Å². The van der Waals surface area contributed by atoms with E-state index in [1.54, 1.807) is 6.07 Å². The van der Waals surface area contributed by atoms with Gasteiger partial charge in [-0.2, -0.15) is 0 Å². The summed E-state index contributed by atoms with van der Waals surface area (Å²) in [5, 5.41) is 11.8. The van der Waals surface area contributed by atoms with E-state index in [-0.39, 0.29) is 12.5 Å². The van der Waals surface area contributed by atoms with Gasteiger partial charge in [0.2, 0.25) is 0 Å². The molecule has 0 aliphatic heterocycles. The van der Waals surface area contributed by atoms with Crippen molar-refractivity contribution < 1.29 is 10.0 Å². The van der Waals surface area contributed by atoms with Gasteiger partial charge in [-0.1, -0.05) is 79.1 Å². The molecule has 2 aromatic rings. The van der Waals surface area contributed by atoms with E-state index in [4.69, 9.17) is 11.6 Å². The molecule has 0 radical (unpaired) electrons. The normalized spacial score (nSPS) is 15.6. The Labute approximate surface area is 159 Å². The Kier molecular flexibility index (Phi) is 5.98. The molecule has 4 heteroatoms. The molecule has 0 heterocycles. The maximum Gasteiger partial charge on any atom is 0.264 e. The minimum absolute atomic E-state index is 0.0628. The van der Waals surface area contributed by atoms with Crippen molar-refractivity contribution in [2.75, 3.05) is 0 Å². The zero-order valence-corrected chi connectivity index (χ0v) is 15.4. The first-order chi connectivity index (χ1) is 12.6. The van der Waals surface area contributed by atoms with Crippen LogP contribution in [0.1, 0.15) is 43.2 Å². The second-order valence-corrected chi connectivity index (χ2v) is 7.12. The van der Waals surface area contributed by atoms with Crippen LogP contribution in [0.25, 0.3) is 0 Å². The van der Waals surface area contributed by atoms with Crippen LogP contribution in [0.3, 0.4) is 0 Å². The molecule has 2 aromatic carbocycles. The highest BCUT2D eigenvalue weighted by Gasteiger charge is 2.41. The molecule has 0 bridgehead atoms. The van der Waals surface area contributed by atoms with Crippen LogP contribution < -0.4 is 0 Å². The Bertz CT molecular complexity index is 817. The summed E-state index contributed by atoms with van der Waals surface area (Å²) in [5.41, 5.74) is 0.761. The third-order valence-electron chi connectivity index (χ3n) is 4.85. The lowest BCUT2D eigenvalue weighted by molar-refractivity contribution is -0.178. The highest BCUT2D eigenvalue weighted by Crippen LogP contribution is 2.38. The van der Waals surface area contributed by atoms with Crippen molar-refractivity contribution in [1.82, 2.24) is 5.06 Å². The predicted octanol–water partition coefficient (Wildman–Crippen LogP) is 5.06. The summed E-state index contributed by atoms with van der Waals surface area (Å²) in [6, 6.07) is 16.9. The summed E-state index contributed by atoms with van der Waals surface area (Å²) < 4.78 is 0. The maximum atomic E-state index is 13.1. The smallest absolute Gasteiger partial charge is 0.264 e. The predicted molar refractivity (Wildman–Crippen MR) is 103 cm³/mol. The highest BCUT2D eigenvalue weighted by molar-refractivity contribution is 6.31. The monoisotopic (exact) mass is 367 g/mol. The average molecular weight is 368 g/mol. The van der Waals surface area contributed by atoms with Crippen LogP contribution in [0.5, 0.6) is 0 Å². The number of rotatable bonds is 3. The molecular weight excluding hydrogens is 346 g/mol. The topological polar surface area (TPSA) is 40.5 Å². The molecule has 1 N–H and O–H groups in total. The first-order valence-electron chi connectivity index (χ1n) is 8.93. The van der Waals surface area contributed by atoms with Crippen LogP contribution in [0.4, 0.5) is 0 Å². The molecule has 0 atom stereocenters. The number of hydrogen-bond donors (Lipinski definition) is 1. The molecule has 0 saturated heterocycles. The Morgan fingerprint density at radius 2 is 1.69 bits per heavy atom. The Balaban J connectivity index is 1.84. The highest BCUT2D eigenvalue weighted by atomic mass is 35.5. The van der Waals surface area contributed by atoms with Gasteiger partial charge in [0, 0.05) is 10.6 Å². The van der Waals surface area contributed by atoms with Gasteiger partial charge < -0.3 is 0 Å². The van der Waals surface area contributed by atoms with E-state index in [1.807, 2.05) is 48.5 Å². The number of halogens is 1. The number of amides is 1. The molecule has 3 rings (SSSR count). The minimum atomic E-state index is -0.829. The van der Waals surface area contributed by atoms with E-state index in [9.17, 15) is 10.0 Å². The number of hydrogen-bond acceptors (Lipinski definition) is 2. The molecule has 0 aromatic heterocycles. The molecule has 1 saturated carbocycles. The van der Waals surface area contributed by atoms with Gasteiger partial charge in [0.15, 0.2) is 0 Å². The van der Waals surface area contributed by atoms with Gasteiger partial charge in [-0.05, 0) is 36.6 Å². The zero-order chi connectivity index (χ0) is 18.4. The largest absolute Gasteiger partial charge is 0.286 e. The summed E-state index contributed by atoms with van der Waals surface area (Å²) in [4.78, 5) is 13.1. The van der Waals surface area contributed by atoms with Gasteiger partial charge >= 0.3 is 0 Å². The SMILES string of the molecule is O=C(N(O)Cc1ccccc1Cl)C1(C#Cc2ccccc2)CCCCC1. The van der Waals surface area contributed by atoms with E-state index in [0.717, 1.165) is 29.9 Å². The quantitative estimate of drug-likeness (QED) is 0.468. The fourth-order valence-corrected chi connectivity index (χ4v) is 3.56. The lowest BCUT2D eigenvalue weighted by Crippen LogP contribution is -2.42. The van der Waals surface area contributed by atoms with Crippen molar-refractivity contribution in [1.29, 1.82) is 0 Å². The summed E-state index contributed by atoms with van der Waals surface area (Å²) >= 11 is 6.16. The van der Waals surface area contributed by atoms with Crippen molar-refractivity contribution in [2.45, 2.75) is 38.6 Å². The van der Waals surface area contributed by atoms with Crippen LogP contribution in [0, 0.1) is 17.3 Å². The van der Waals surface area contributed by atoms with Crippen LogP contribution in [-0.4, -0.2) is 16.2 Å². The fraction of sp³-hybridized carbons (Fsp3) is 0.318. The first-order valence-corrected chi connectivity index (χ1v) is 9.31. The Morgan fingerprint density at radius 1 is 1.04 bits per heavy atom. The minimum Gasteiger partial charge on any atom is -0.286 e. The van der Waals surface area contributed by atoms with Gasteiger partial charge in [-0.3, -0.25) is 10.0 Å². The summed E-state index contributed by atoms with van der Waals surface area (Å²) in [5.74, 6) is 6.00. The molecule has 0 spiro atoms. The average Bonchev–Trinajstić information content (AvgIpc) is 2.69. The van der Waals surface area contributed by atoms with E-state index in [2.05, 4.69) is 11.8 Å². The summed E-state index contributed by atoms with van der Waals surface area (Å²) in [6.45, 7) is 0.0628. The van der Waals surface area contributed by atoms with E-state index in [1.165, 1.54) is 0 Å². The van der Waals surface area contributed by atoms with Gasteiger partial charge in [0.05, 0.1) is 6.54 Å². The summed E-state index contributed by atoms with van der Waals surface area (Å²) in [7, 11) is 0. The first kappa shape index (κ1) is 18.5. The maximum absolute atomic E-state index is 13.1. The Hall–Kier alpha value is -2.28. The van der Waals surface area contributed by atoms with Crippen LogP contribution >= 0.6 is 11.6 Å². The van der Waals surface area contributed by atoms with E-state index in [0.29, 0.717) is 23.4 Å². The van der Waals surface area contributed by atoms with Gasteiger partial charge in [-0.15, -0.1) is 0 Å². The van der Waals surface area contributed by atoms with Crippen molar-refractivity contribution in [3.63, 3.8) is 0 Å². The number of nitrogens with zero attached hydrogens (tertiary/aromatic N) is 1. The van der Waals surface area contributed by atoms with Gasteiger partial charge in [-0.25, -0.2) is 5.06 Å². The second-order valence-electron chi connectivity index (χ2n) is 6.71. The molecular formula is C22H22ClNO2. The molecule has 134 valence electrons. The number of benzene rings is 2. The van der Waals surface area contributed by atoms with Gasteiger partial charge in [0.1, 0.15) is 5.41 Å². The standard InChI is InChI=1S/C22H22ClNO2/c23-20-12-6-5-11-19(20)17-24(26)21(25)22(14-7-2-8-15-22)16-13-18-9-3-1-4-10-18/h1,3-6,9-12,26H,2,7-8,14-15,17H2. The molecule has 3 nitrogen and oxygen atoms in total. The van der Waals surface area contributed by atoms with E-state index >= 15 is 0 Å². The zero-order valence-electron chi connectivity index (χ0n) is 14.6. The lowest BCUT2D eigenvalue weighted by atomic mass is 9.73. The van der Waals surface area contributed by atoms with Crippen molar-refractivity contribution in [2.24, 2.45) is 5.41 Å². The Morgan fingerprint density at radius 3 is 2.38 bits per heavy atom.